The van der Waals surface area contributed by atoms with Crippen LogP contribution in [0.5, 0.6) is 0 Å². The van der Waals surface area contributed by atoms with Crippen LogP contribution in [0.2, 0.25) is 0 Å². The van der Waals surface area contributed by atoms with Gasteiger partial charge in [0.2, 0.25) is 0 Å². The number of anilines is 2. The third-order valence-electron chi connectivity index (χ3n) is 5.02. The van der Waals surface area contributed by atoms with E-state index in [1.807, 2.05) is 46.2 Å². The summed E-state index contributed by atoms with van der Waals surface area (Å²) in [5.41, 5.74) is 4.25. The predicted octanol–water partition coefficient (Wildman–Crippen LogP) is 3.08. The SMILES string of the molecule is Cc1ccc(N2C(=S)N(c3ccccc3)[C@H]3CS(=O)(=O)C[C@@H]32)c(C)c1. The zero-order valence-electron chi connectivity index (χ0n) is 14.2. The van der Waals surface area contributed by atoms with Gasteiger partial charge >= 0.3 is 0 Å². The minimum absolute atomic E-state index is 0.138. The number of benzene rings is 2. The highest BCUT2D eigenvalue weighted by Gasteiger charge is 2.52. The Morgan fingerprint density at radius 2 is 1.60 bits per heavy atom. The fourth-order valence-electron chi connectivity index (χ4n) is 3.95. The normalized spacial score (nSPS) is 24.6. The van der Waals surface area contributed by atoms with Crippen LogP contribution in [-0.4, -0.2) is 37.1 Å². The molecule has 0 unspecified atom stereocenters. The molecular formula is C19H20N2O2S2. The van der Waals surface area contributed by atoms with Crippen molar-refractivity contribution in [3.63, 3.8) is 0 Å². The summed E-state index contributed by atoms with van der Waals surface area (Å²) in [5.74, 6) is 0.294. The van der Waals surface area contributed by atoms with Crippen molar-refractivity contribution < 1.29 is 8.42 Å². The van der Waals surface area contributed by atoms with Gasteiger partial charge in [-0.3, -0.25) is 0 Å². The van der Waals surface area contributed by atoms with Crippen LogP contribution in [0.15, 0.2) is 48.5 Å². The molecule has 0 amide bonds. The van der Waals surface area contributed by atoms with Gasteiger partial charge in [-0.2, -0.15) is 0 Å². The average molecular weight is 373 g/mol. The van der Waals surface area contributed by atoms with Crippen molar-refractivity contribution in [1.82, 2.24) is 0 Å². The number of rotatable bonds is 2. The number of aryl methyl sites for hydroxylation is 2. The zero-order valence-corrected chi connectivity index (χ0v) is 15.8. The van der Waals surface area contributed by atoms with E-state index in [9.17, 15) is 8.42 Å². The topological polar surface area (TPSA) is 40.6 Å². The third kappa shape index (κ3) is 2.73. The summed E-state index contributed by atoms with van der Waals surface area (Å²) in [4.78, 5) is 4.07. The molecule has 2 fully saturated rings. The standard InChI is InChI=1S/C19H20N2O2S2/c1-13-8-9-16(14(2)10-13)21-18-12-25(22,23)11-17(18)20(19(21)24)15-6-4-3-5-7-15/h3-10,17-18H,11-12H2,1-2H3/t17-,18-/m0/s1. The summed E-state index contributed by atoms with van der Waals surface area (Å²) in [5, 5.41) is 0.683. The van der Waals surface area contributed by atoms with E-state index in [0.29, 0.717) is 5.11 Å². The smallest absolute Gasteiger partial charge is 0.181 e. The Kier molecular flexibility index (Phi) is 3.85. The first kappa shape index (κ1) is 16.5. The van der Waals surface area contributed by atoms with E-state index in [2.05, 4.69) is 26.0 Å². The first-order valence-electron chi connectivity index (χ1n) is 8.32. The molecule has 130 valence electrons. The predicted molar refractivity (Wildman–Crippen MR) is 106 cm³/mol. The monoisotopic (exact) mass is 372 g/mol. The summed E-state index contributed by atoms with van der Waals surface area (Å²) in [6.07, 6.45) is 0. The second-order valence-corrected chi connectivity index (χ2v) is 9.38. The van der Waals surface area contributed by atoms with Crippen molar-refractivity contribution in [2.75, 3.05) is 21.3 Å². The molecule has 4 rings (SSSR count). The minimum atomic E-state index is -3.07. The van der Waals surface area contributed by atoms with Gasteiger partial charge in [0.15, 0.2) is 14.9 Å². The largest absolute Gasteiger partial charge is 0.312 e. The van der Waals surface area contributed by atoms with Crippen molar-refractivity contribution in [1.29, 1.82) is 0 Å². The van der Waals surface area contributed by atoms with Crippen LogP contribution < -0.4 is 9.80 Å². The van der Waals surface area contributed by atoms with Gasteiger partial charge in [0, 0.05) is 11.4 Å². The number of para-hydroxylation sites is 1. The Bertz CT molecular complexity index is 941. The maximum atomic E-state index is 12.3. The second-order valence-electron chi connectivity index (χ2n) is 6.86. The fourth-order valence-corrected chi connectivity index (χ4v) is 6.35. The molecular weight excluding hydrogens is 352 g/mol. The second kappa shape index (κ2) is 5.81. The number of hydrogen-bond acceptors (Lipinski definition) is 3. The van der Waals surface area contributed by atoms with E-state index in [4.69, 9.17) is 12.2 Å². The van der Waals surface area contributed by atoms with Crippen molar-refractivity contribution >= 4 is 38.5 Å². The average Bonchev–Trinajstić information content (AvgIpc) is 2.98. The van der Waals surface area contributed by atoms with Gasteiger partial charge in [-0.15, -0.1) is 0 Å². The lowest BCUT2D eigenvalue weighted by molar-refractivity contribution is 0.601. The van der Waals surface area contributed by atoms with Crippen molar-refractivity contribution in [3.8, 4) is 0 Å². The third-order valence-corrected chi connectivity index (χ3v) is 7.11. The number of sulfone groups is 1. The Morgan fingerprint density at radius 1 is 0.960 bits per heavy atom. The molecule has 0 aliphatic carbocycles. The summed E-state index contributed by atoms with van der Waals surface area (Å²) in [6.45, 7) is 4.10. The van der Waals surface area contributed by atoms with Crippen LogP contribution >= 0.6 is 12.2 Å². The van der Waals surface area contributed by atoms with Crippen LogP contribution in [0.4, 0.5) is 11.4 Å². The molecule has 2 aromatic carbocycles. The Labute approximate surface area is 154 Å². The van der Waals surface area contributed by atoms with Crippen LogP contribution in [0.25, 0.3) is 0 Å². The van der Waals surface area contributed by atoms with Gasteiger partial charge in [0.05, 0.1) is 23.6 Å². The molecule has 2 saturated heterocycles. The van der Waals surface area contributed by atoms with Crippen LogP contribution in [0, 0.1) is 13.8 Å². The minimum Gasteiger partial charge on any atom is -0.312 e. The highest BCUT2D eigenvalue weighted by molar-refractivity contribution is 7.91. The molecule has 0 aromatic heterocycles. The van der Waals surface area contributed by atoms with Crippen LogP contribution in [0.3, 0.4) is 0 Å². The fraction of sp³-hybridized carbons (Fsp3) is 0.316. The van der Waals surface area contributed by atoms with Gasteiger partial charge in [-0.25, -0.2) is 8.42 Å². The Morgan fingerprint density at radius 3 is 2.24 bits per heavy atom. The summed E-state index contributed by atoms with van der Waals surface area (Å²) in [6, 6.07) is 15.8. The molecule has 25 heavy (non-hydrogen) atoms. The van der Waals surface area contributed by atoms with E-state index in [-0.39, 0.29) is 23.6 Å². The van der Waals surface area contributed by atoms with Gasteiger partial charge in [0.25, 0.3) is 0 Å². The molecule has 2 aromatic rings. The van der Waals surface area contributed by atoms with Gasteiger partial charge < -0.3 is 9.80 Å². The van der Waals surface area contributed by atoms with Crippen molar-refractivity contribution in [3.05, 3.63) is 59.7 Å². The maximum Gasteiger partial charge on any atom is 0.181 e. The number of nitrogens with zero attached hydrogens (tertiary/aromatic N) is 2. The van der Waals surface area contributed by atoms with Crippen LogP contribution in [0.1, 0.15) is 11.1 Å². The highest BCUT2D eigenvalue weighted by atomic mass is 32.2. The van der Waals surface area contributed by atoms with E-state index < -0.39 is 9.84 Å². The number of thiocarbonyl (C=S) groups is 1. The molecule has 2 atom stereocenters. The quantitative estimate of drug-likeness (QED) is 0.758. The van der Waals surface area contributed by atoms with Crippen molar-refractivity contribution in [2.24, 2.45) is 0 Å². The number of hydrogen-bond donors (Lipinski definition) is 0. The lowest BCUT2D eigenvalue weighted by Gasteiger charge is -2.27. The van der Waals surface area contributed by atoms with Gasteiger partial charge in [-0.1, -0.05) is 35.9 Å². The molecule has 6 heteroatoms. The highest BCUT2D eigenvalue weighted by Crippen LogP contribution is 2.39. The maximum absolute atomic E-state index is 12.3. The zero-order chi connectivity index (χ0) is 17.8. The number of fused-ring (bicyclic) bond motifs is 1. The molecule has 4 nitrogen and oxygen atoms in total. The molecule has 2 heterocycles. The van der Waals surface area contributed by atoms with E-state index in [1.54, 1.807) is 0 Å². The Hall–Kier alpha value is -1.92. The van der Waals surface area contributed by atoms with Gasteiger partial charge in [-0.05, 0) is 49.8 Å². The van der Waals surface area contributed by atoms with Crippen molar-refractivity contribution in [2.45, 2.75) is 25.9 Å². The first-order valence-corrected chi connectivity index (χ1v) is 10.6. The van der Waals surface area contributed by atoms with E-state index in [1.165, 1.54) is 5.56 Å². The molecule has 2 aliphatic heterocycles. The summed E-state index contributed by atoms with van der Waals surface area (Å²) < 4.78 is 24.7. The molecule has 0 saturated carbocycles. The molecule has 2 aliphatic rings. The first-order chi connectivity index (χ1) is 11.9. The van der Waals surface area contributed by atoms with E-state index in [0.717, 1.165) is 16.9 Å². The van der Waals surface area contributed by atoms with Gasteiger partial charge in [0.1, 0.15) is 0 Å². The lowest BCUT2D eigenvalue weighted by atomic mass is 10.1. The molecule has 0 bridgehead atoms. The molecule has 0 N–H and O–H groups in total. The molecule has 0 spiro atoms. The Balaban J connectivity index is 1.83. The molecule has 0 radical (unpaired) electrons. The summed E-state index contributed by atoms with van der Waals surface area (Å²) in [7, 11) is -3.07. The lowest BCUT2D eigenvalue weighted by Crippen LogP contribution is -2.38. The summed E-state index contributed by atoms with van der Waals surface area (Å²) >= 11 is 5.80. The van der Waals surface area contributed by atoms with E-state index >= 15 is 0 Å². The van der Waals surface area contributed by atoms with Crippen LogP contribution in [-0.2, 0) is 9.84 Å².